The zero-order chi connectivity index (χ0) is 13.2. The molecular weight excluding hydrogens is 302 g/mol. The van der Waals surface area contributed by atoms with Gasteiger partial charge in [-0.05, 0) is 17.5 Å². The number of nitrogens with one attached hydrogen (secondary N) is 1. The highest BCUT2D eigenvalue weighted by atomic mass is 79.9. The van der Waals surface area contributed by atoms with Crippen LogP contribution < -0.4 is 5.32 Å². The van der Waals surface area contributed by atoms with Gasteiger partial charge in [0.15, 0.2) is 0 Å². The molecule has 4 heteroatoms. The first-order valence-electron chi connectivity index (χ1n) is 6.13. The van der Waals surface area contributed by atoms with E-state index in [0.29, 0.717) is 0 Å². The van der Waals surface area contributed by atoms with Gasteiger partial charge in [-0.25, -0.2) is 0 Å². The molecule has 0 radical (unpaired) electrons. The quantitative estimate of drug-likeness (QED) is 0.793. The Morgan fingerprint density at radius 3 is 2.68 bits per heavy atom. The van der Waals surface area contributed by atoms with Gasteiger partial charge in [0.05, 0.1) is 6.20 Å². The Bertz CT molecular complexity index is 718. The molecule has 0 amide bonds. The minimum atomic E-state index is 0.777. The smallest absolute Gasteiger partial charge is 0.0539 e. The number of aryl methyl sites for hydroxylation is 1. The molecule has 0 aliphatic rings. The minimum absolute atomic E-state index is 0.777. The van der Waals surface area contributed by atoms with Gasteiger partial charge in [-0.15, -0.1) is 0 Å². The second-order valence-electron chi connectivity index (χ2n) is 4.52. The van der Waals surface area contributed by atoms with E-state index in [4.69, 9.17) is 0 Å². The summed E-state index contributed by atoms with van der Waals surface area (Å²) in [6.07, 6.45) is 3.90. The largest absolute Gasteiger partial charge is 0.380 e. The van der Waals surface area contributed by atoms with Crippen LogP contribution in [0.25, 0.3) is 10.8 Å². The summed E-state index contributed by atoms with van der Waals surface area (Å²) in [5.74, 6) is 0. The molecular formula is C15H14BrN3. The summed E-state index contributed by atoms with van der Waals surface area (Å²) in [6, 6.07) is 12.5. The van der Waals surface area contributed by atoms with E-state index in [-0.39, 0.29) is 0 Å². The Kier molecular flexibility index (Phi) is 3.25. The van der Waals surface area contributed by atoms with Crippen LogP contribution in [-0.2, 0) is 13.6 Å². The number of halogens is 1. The number of nitrogens with zero attached hydrogens (tertiary/aromatic N) is 2. The molecule has 1 heterocycles. The van der Waals surface area contributed by atoms with E-state index < -0.39 is 0 Å². The fourth-order valence-corrected chi connectivity index (χ4v) is 2.65. The molecule has 0 aliphatic carbocycles. The zero-order valence-electron chi connectivity index (χ0n) is 10.6. The van der Waals surface area contributed by atoms with E-state index in [1.54, 1.807) is 0 Å². The highest BCUT2D eigenvalue weighted by Gasteiger charge is 2.04. The maximum Gasteiger partial charge on any atom is 0.0539 e. The molecule has 1 N–H and O–H groups in total. The summed E-state index contributed by atoms with van der Waals surface area (Å²) < 4.78 is 2.94. The molecule has 0 fully saturated rings. The first-order chi connectivity index (χ1) is 9.24. The molecule has 0 saturated heterocycles. The van der Waals surface area contributed by atoms with Crippen LogP contribution in [0.1, 0.15) is 5.56 Å². The highest BCUT2D eigenvalue weighted by Crippen LogP contribution is 2.30. The van der Waals surface area contributed by atoms with Crippen LogP contribution in [0.5, 0.6) is 0 Å². The Morgan fingerprint density at radius 1 is 1.16 bits per heavy atom. The van der Waals surface area contributed by atoms with Crippen molar-refractivity contribution in [3.05, 3.63) is 58.8 Å². The van der Waals surface area contributed by atoms with Crippen molar-refractivity contribution in [1.82, 2.24) is 9.78 Å². The minimum Gasteiger partial charge on any atom is -0.380 e. The van der Waals surface area contributed by atoms with Crippen LogP contribution in [-0.4, -0.2) is 9.78 Å². The maximum atomic E-state index is 4.17. The summed E-state index contributed by atoms with van der Waals surface area (Å²) in [7, 11) is 1.93. The van der Waals surface area contributed by atoms with Crippen LogP contribution >= 0.6 is 15.9 Å². The SMILES string of the molecule is Cn1cc(CNc2ccc(Br)c3ccccc23)cn1. The van der Waals surface area contributed by atoms with Gasteiger partial charge in [0.25, 0.3) is 0 Å². The number of aromatic nitrogens is 2. The zero-order valence-corrected chi connectivity index (χ0v) is 12.2. The summed E-state index contributed by atoms with van der Waals surface area (Å²) >= 11 is 3.59. The summed E-state index contributed by atoms with van der Waals surface area (Å²) in [5.41, 5.74) is 2.32. The Balaban J connectivity index is 1.91. The molecule has 0 spiro atoms. The third kappa shape index (κ3) is 2.49. The Labute approximate surface area is 120 Å². The fraction of sp³-hybridized carbons (Fsp3) is 0.133. The topological polar surface area (TPSA) is 29.9 Å². The van der Waals surface area contributed by atoms with E-state index in [0.717, 1.165) is 16.7 Å². The van der Waals surface area contributed by atoms with Crippen LogP contribution in [0.2, 0.25) is 0 Å². The molecule has 0 saturated carbocycles. The number of fused-ring (bicyclic) bond motifs is 1. The molecule has 3 rings (SSSR count). The van der Waals surface area contributed by atoms with Crippen LogP contribution in [0.3, 0.4) is 0 Å². The van der Waals surface area contributed by atoms with Crippen molar-refractivity contribution in [1.29, 1.82) is 0 Å². The van der Waals surface area contributed by atoms with Gasteiger partial charge < -0.3 is 5.32 Å². The van der Waals surface area contributed by atoms with Gasteiger partial charge >= 0.3 is 0 Å². The van der Waals surface area contributed by atoms with Crippen molar-refractivity contribution in [3.8, 4) is 0 Å². The maximum absolute atomic E-state index is 4.17. The van der Waals surface area contributed by atoms with Crippen molar-refractivity contribution in [2.75, 3.05) is 5.32 Å². The highest BCUT2D eigenvalue weighted by molar-refractivity contribution is 9.10. The van der Waals surface area contributed by atoms with Crippen LogP contribution in [0, 0.1) is 0 Å². The third-order valence-electron chi connectivity index (χ3n) is 3.11. The van der Waals surface area contributed by atoms with Gasteiger partial charge in [0, 0.05) is 40.9 Å². The monoisotopic (exact) mass is 315 g/mol. The standard InChI is InChI=1S/C15H14BrN3/c1-19-10-11(9-18-19)8-17-15-7-6-14(16)12-4-2-3-5-13(12)15/h2-7,9-10,17H,8H2,1H3. The molecule has 96 valence electrons. The Morgan fingerprint density at radius 2 is 1.95 bits per heavy atom. The average Bonchev–Trinajstić information content (AvgIpc) is 2.84. The van der Waals surface area contributed by atoms with E-state index in [2.05, 4.69) is 62.7 Å². The molecule has 0 atom stereocenters. The van der Waals surface area contributed by atoms with Crippen molar-refractivity contribution in [2.45, 2.75) is 6.54 Å². The number of benzene rings is 2. The normalized spacial score (nSPS) is 10.8. The predicted octanol–water partition coefficient (Wildman–Crippen LogP) is 3.95. The molecule has 3 aromatic rings. The number of hydrogen-bond acceptors (Lipinski definition) is 2. The molecule has 0 unspecified atom stereocenters. The number of hydrogen-bond donors (Lipinski definition) is 1. The van der Waals surface area contributed by atoms with Gasteiger partial charge in [0.2, 0.25) is 0 Å². The fourth-order valence-electron chi connectivity index (χ4n) is 2.18. The summed E-state index contributed by atoms with van der Waals surface area (Å²) in [5, 5.41) is 10.1. The molecule has 1 aromatic heterocycles. The van der Waals surface area contributed by atoms with E-state index in [1.807, 2.05) is 24.1 Å². The summed E-state index contributed by atoms with van der Waals surface area (Å²) in [4.78, 5) is 0. The number of rotatable bonds is 3. The van der Waals surface area contributed by atoms with E-state index >= 15 is 0 Å². The average molecular weight is 316 g/mol. The summed E-state index contributed by atoms with van der Waals surface area (Å²) in [6.45, 7) is 0.777. The second kappa shape index (κ2) is 5.05. The van der Waals surface area contributed by atoms with Gasteiger partial charge in [0.1, 0.15) is 0 Å². The molecule has 3 nitrogen and oxygen atoms in total. The van der Waals surface area contributed by atoms with Crippen LogP contribution in [0.4, 0.5) is 5.69 Å². The number of anilines is 1. The van der Waals surface area contributed by atoms with Gasteiger partial charge in [-0.3, -0.25) is 4.68 Å². The first-order valence-corrected chi connectivity index (χ1v) is 6.92. The lowest BCUT2D eigenvalue weighted by molar-refractivity contribution is 0.767. The van der Waals surface area contributed by atoms with Gasteiger partial charge in [-0.2, -0.15) is 5.10 Å². The van der Waals surface area contributed by atoms with E-state index in [1.165, 1.54) is 16.3 Å². The van der Waals surface area contributed by atoms with Crippen molar-refractivity contribution in [3.63, 3.8) is 0 Å². The van der Waals surface area contributed by atoms with E-state index in [9.17, 15) is 0 Å². The second-order valence-corrected chi connectivity index (χ2v) is 5.37. The lowest BCUT2D eigenvalue weighted by Gasteiger charge is -2.10. The molecule has 0 bridgehead atoms. The molecule has 0 aliphatic heterocycles. The lowest BCUT2D eigenvalue weighted by Crippen LogP contribution is -1.99. The van der Waals surface area contributed by atoms with Crippen molar-refractivity contribution < 1.29 is 0 Å². The molecule has 2 aromatic carbocycles. The lowest BCUT2D eigenvalue weighted by atomic mass is 10.1. The molecule has 19 heavy (non-hydrogen) atoms. The van der Waals surface area contributed by atoms with Crippen molar-refractivity contribution >= 4 is 32.4 Å². The predicted molar refractivity (Wildman–Crippen MR) is 82.2 cm³/mol. The van der Waals surface area contributed by atoms with Gasteiger partial charge in [-0.1, -0.05) is 40.2 Å². The van der Waals surface area contributed by atoms with Crippen molar-refractivity contribution in [2.24, 2.45) is 7.05 Å². The Hall–Kier alpha value is -1.81. The van der Waals surface area contributed by atoms with Crippen LogP contribution in [0.15, 0.2) is 53.3 Å². The third-order valence-corrected chi connectivity index (χ3v) is 3.80. The first kappa shape index (κ1) is 12.2.